The van der Waals surface area contributed by atoms with Crippen LogP contribution in [-0.2, 0) is 5.41 Å². The Kier molecular flexibility index (Phi) is 4.21. The molecule has 0 bridgehead atoms. The van der Waals surface area contributed by atoms with Crippen molar-refractivity contribution in [2.75, 3.05) is 5.73 Å². The van der Waals surface area contributed by atoms with E-state index in [9.17, 15) is 0 Å². The van der Waals surface area contributed by atoms with E-state index in [1.807, 2.05) is 6.07 Å². The average Bonchev–Trinajstić information content (AvgIpc) is 2.22. The summed E-state index contributed by atoms with van der Waals surface area (Å²) in [5, 5.41) is 0. The molecule has 2 N–H and O–H groups in total. The van der Waals surface area contributed by atoms with Crippen LogP contribution in [0.25, 0.3) is 0 Å². The average molecular weight is 270 g/mol. The van der Waals surface area contributed by atoms with E-state index in [2.05, 4.69) is 48.8 Å². The van der Waals surface area contributed by atoms with Gasteiger partial charge in [0.05, 0.1) is 0 Å². The van der Waals surface area contributed by atoms with Crippen molar-refractivity contribution < 1.29 is 0 Å². The highest BCUT2D eigenvalue weighted by atomic mass is 79.9. The van der Waals surface area contributed by atoms with E-state index in [1.54, 1.807) is 0 Å². The molecule has 1 unspecified atom stereocenters. The van der Waals surface area contributed by atoms with E-state index >= 15 is 0 Å². The van der Waals surface area contributed by atoms with Crippen LogP contribution >= 0.6 is 15.9 Å². The van der Waals surface area contributed by atoms with Crippen molar-refractivity contribution in [3.05, 3.63) is 28.2 Å². The van der Waals surface area contributed by atoms with E-state index in [4.69, 9.17) is 5.73 Å². The molecule has 1 rings (SSSR count). The van der Waals surface area contributed by atoms with Gasteiger partial charge in [0.1, 0.15) is 0 Å². The predicted octanol–water partition coefficient (Wildman–Crippen LogP) is 4.50. The van der Waals surface area contributed by atoms with Crippen molar-refractivity contribution in [2.45, 2.75) is 45.4 Å². The Morgan fingerprint density at radius 1 is 1.33 bits per heavy atom. The molecule has 0 saturated heterocycles. The van der Waals surface area contributed by atoms with Crippen molar-refractivity contribution in [1.29, 1.82) is 0 Å². The van der Waals surface area contributed by atoms with Gasteiger partial charge in [-0.15, -0.1) is 0 Å². The quantitative estimate of drug-likeness (QED) is 0.801. The number of nitrogens with two attached hydrogens (primary N) is 1. The molecule has 0 saturated carbocycles. The van der Waals surface area contributed by atoms with Gasteiger partial charge in [0.25, 0.3) is 0 Å². The van der Waals surface area contributed by atoms with Crippen molar-refractivity contribution in [2.24, 2.45) is 0 Å². The molecule has 1 aromatic carbocycles. The maximum absolute atomic E-state index is 5.80. The fourth-order valence-corrected chi connectivity index (χ4v) is 2.36. The van der Waals surface area contributed by atoms with E-state index in [1.165, 1.54) is 18.4 Å². The maximum Gasteiger partial charge on any atom is 0.0458 e. The van der Waals surface area contributed by atoms with Gasteiger partial charge in [-0.25, -0.2) is 0 Å². The summed E-state index contributed by atoms with van der Waals surface area (Å²) >= 11 is 3.49. The lowest BCUT2D eigenvalue weighted by Crippen LogP contribution is -2.20. The van der Waals surface area contributed by atoms with Crippen LogP contribution in [0.1, 0.15) is 45.6 Å². The molecular weight excluding hydrogens is 250 g/mol. The molecule has 15 heavy (non-hydrogen) atoms. The smallest absolute Gasteiger partial charge is 0.0458 e. The molecule has 0 aliphatic carbocycles. The Labute approximate surface area is 101 Å². The first-order chi connectivity index (χ1) is 7.03. The van der Waals surface area contributed by atoms with Crippen molar-refractivity contribution in [3.63, 3.8) is 0 Å². The summed E-state index contributed by atoms with van der Waals surface area (Å²) in [6, 6.07) is 6.30. The highest BCUT2D eigenvalue weighted by Crippen LogP contribution is 2.35. The number of rotatable bonds is 4. The minimum Gasteiger partial charge on any atom is -0.398 e. The Morgan fingerprint density at radius 2 is 2.00 bits per heavy atom. The van der Waals surface area contributed by atoms with E-state index in [0.29, 0.717) is 0 Å². The van der Waals surface area contributed by atoms with Gasteiger partial charge in [-0.2, -0.15) is 0 Å². The first-order valence-electron chi connectivity index (χ1n) is 5.59. The van der Waals surface area contributed by atoms with Gasteiger partial charge >= 0.3 is 0 Å². The lowest BCUT2D eigenvalue weighted by Gasteiger charge is -2.29. The van der Waals surface area contributed by atoms with Crippen LogP contribution in [0, 0.1) is 0 Å². The van der Waals surface area contributed by atoms with Crippen molar-refractivity contribution >= 4 is 21.6 Å². The molecule has 0 spiro atoms. The first kappa shape index (κ1) is 12.6. The lowest BCUT2D eigenvalue weighted by atomic mass is 9.76. The molecule has 2 heteroatoms. The summed E-state index contributed by atoms with van der Waals surface area (Å²) in [4.78, 5) is 0. The molecule has 0 radical (unpaired) electrons. The van der Waals surface area contributed by atoms with Gasteiger partial charge in [0.15, 0.2) is 0 Å². The SMILES string of the molecule is CCCC(C)(CC)c1ccc(N)c(Br)c1. The van der Waals surface area contributed by atoms with Crippen LogP contribution in [-0.4, -0.2) is 0 Å². The number of hydrogen-bond donors (Lipinski definition) is 1. The highest BCUT2D eigenvalue weighted by Gasteiger charge is 2.23. The number of anilines is 1. The summed E-state index contributed by atoms with van der Waals surface area (Å²) in [6.45, 7) is 6.81. The second-order valence-corrected chi connectivity index (χ2v) is 5.25. The topological polar surface area (TPSA) is 26.0 Å². The molecule has 0 amide bonds. The van der Waals surface area contributed by atoms with Crippen LogP contribution in [0.2, 0.25) is 0 Å². The number of nitrogen functional groups attached to an aromatic ring is 1. The zero-order chi connectivity index (χ0) is 11.5. The van der Waals surface area contributed by atoms with Gasteiger partial charge in [-0.1, -0.05) is 33.3 Å². The summed E-state index contributed by atoms with van der Waals surface area (Å²) in [5.41, 5.74) is 8.28. The minimum atomic E-state index is 0.283. The first-order valence-corrected chi connectivity index (χ1v) is 6.38. The van der Waals surface area contributed by atoms with Gasteiger partial charge in [0, 0.05) is 10.2 Å². The third-order valence-corrected chi connectivity index (χ3v) is 3.97. The van der Waals surface area contributed by atoms with Crippen molar-refractivity contribution in [3.8, 4) is 0 Å². The van der Waals surface area contributed by atoms with Crippen LogP contribution in [0.5, 0.6) is 0 Å². The van der Waals surface area contributed by atoms with E-state index in [-0.39, 0.29) is 5.41 Å². The number of benzene rings is 1. The molecule has 1 nitrogen and oxygen atoms in total. The van der Waals surface area contributed by atoms with Crippen molar-refractivity contribution in [1.82, 2.24) is 0 Å². The molecule has 0 aliphatic rings. The third-order valence-electron chi connectivity index (χ3n) is 3.28. The predicted molar refractivity (Wildman–Crippen MR) is 71.1 cm³/mol. The molecule has 1 aromatic rings. The molecule has 0 fully saturated rings. The standard InChI is InChI=1S/C13H20BrN/c1-4-8-13(3,5-2)10-6-7-12(15)11(14)9-10/h6-7,9H,4-5,8,15H2,1-3H3. The fourth-order valence-electron chi connectivity index (χ4n) is 1.98. The normalized spacial score (nSPS) is 14.9. The molecule has 0 aliphatic heterocycles. The van der Waals surface area contributed by atoms with E-state index in [0.717, 1.165) is 16.6 Å². The van der Waals surface area contributed by atoms with Gasteiger partial charge in [-0.05, 0) is 51.9 Å². The number of halogens is 1. The second-order valence-electron chi connectivity index (χ2n) is 4.40. The summed E-state index contributed by atoms with van der Waals surface area (Å²) in [6.07, 6.45) is 3.60. The second kappa shape index (κ2) is 5.02. The Morgan fingerprint density at radius 3 is 2.47 bits per heavy atom. The zero-order valence-corrected chi connectivity index (χ0v) is 11.4. The van der Waals surface area contributed by atoms with Crippen LogP contribution in [0.4, 0.5) is 5.69 Å². The summed E-state index contributed by atoms with van der Waals surface area (Å²) in [5.74, 6) is 0. The van der Waals surface area contributed by atoms with Gasteiger partial charge in [0.2, 0.25) is 0 Å². The Hall–Kier alpha value is -0.500. The third kappa shape index (κ3) is 2.75. The lowest BCUT2D eigenvalue weighted by molar-refractivity contribution is 0.414. The van der Waals surface area contributed by atoms with Gasteiger partial charge < -0.3 is 5.73 Å². The van der Waals surface area contributed by atoms with Crippen LogP contribution < -0.4 is 5.73 Å². The Balaban J connectivity index is 3.07. The van der Waals surface area contributed by atoms with Gasteiger partial charge in [-0.3, -0.25) is 0 Å². The maximum atomic E-state index is 5.80. The minimum absolute atomic E-state index is 0.283. The molecule has 84 valence electrons. The molecule has 0 aromatic heterocycles. The molecular formula is C13H20BrN. The summed E-state index contributed by atoms with van der Waals surface area (Å²) in [7, 11) is 0. The zero-order valence-electron chi connectivity index (χ0n) is 9.81. The molecule has 1 atom stereocenters. The highest BCUT2D eigenvalue weighted by molar-refractivity contribution is 9.10. The van der Waals surface area contributed by atoms with E-state index < -0.39 is 0 Å². The largest absolute Gasteiger partial charge is 0.398 e. The van der Waals surface area contributed by atoms with Crippen LogP contribution in [0.15, 0.2) is 22.7 Å². The molecule has 0 heterocycles. The number of hydrogen-bond acceptors (Lipinski definition) is 1. The fraction of sp³-hybridized carbons (Fsp3) is 0.538. The van der Waals surface area contributed by atoms with Crippen LogP contribution in [0.3, 0.4) is 0 Å². The monoisotopic (exact) mass is 269 g/mol. The summed E-state index contributed by atoms with van der Waals surface area (Å²) < 4.78 is 1.01. The Bertz CT molecular complexity index is 335.